The molecule has 2 N–H and O–H groups in total. The van der Waals surface area contributed by atoms with Gasteiger partial charge in [0, 0.05) is 19.2 Å². The van der Waals surface area contributed by atoms with Crippen molar-refractivity contribution in [2.75, 3.05) is 6.54 Å². The van der Waals surface area contributed by atoms with Crippen LogP contribution in [0.1, 0.15) is 37.7 Å². The van der Waals surface area contributed by atoms with Gasteiger partial charge in [-0.05, 0) is 12.5 Å². The molecule has 0 saturated carbocycles. The van der Waals surface area contributed by atoms with E-state index in [9.17, 15) is 0 Å². The smallest absolute Gasteiger partial charge is 0.182 e. The molecule has 0 bridgehead atoms. The van der Waals surface area contributed by atoms with E-state index < -0.39 is 0 Å². The lowest BCUT2D eigenvalue weighted by atomic mass is 10.1. The highest BCUT2D eigenvalue weighted by molar-refractivity contribution is 5.95. The number of aliphatic imine (C=N–C) groups is 1. The number of hydrogen-bond acceptors (Lipinski definition) is 4. The van der Waals surface area contributed by atoms with Crippen LogP contribution in [0.5, 0.6) is 0 Å². The summed E-state index contributed by atoms with van der Waals surface area (Å²) in [5.41, 5.74) is 9.35. The topological polar surface area (TPSA) is 81.5 Å². The molecule has 0 spiro atoms. The Morgan fingerprint density at radius 2 is 1.96 bits per heavy atom. The largest absolute Gasteiger partial charge is 0.382 e. The lowest BCUT2D eigenvalue weighted by Crippen LogP contribution is -2.18. The molecule has 0 unspecified atom stereocenters. The van der Waals surface area contributed by atoms with Crippen molar-refractivity contribution in [3.8, 4) is 0 Å². The highest BCUT2D eigenvalue weighted by Gasteiger charge is 2.11. The second-order valence-corrected chi connectivity index (χ2v) is 4.66. The van der Waals surface area contributed by atoms with Crippen LogP contribution in [0.4, 0.5) is 0 Å². The van der Waals surface area contributed by atoms with Crippen molar-refractivity contribution in [3.63, 3.8) is 0 Å². The molecule has 0 fully saturated rings. The number of benzene rings is 1. The molecule has 0 aliphatic carbocycles. The first-order chi connectivity index (χ1) is 11.3. The van der Waals surface area contributed by atoms with Crippen LogP contribution < -0.4 is 5.73 Å². The Hall–Kier alpha value is -2.76. The summed E-state index contributed by atoms with van der Waals surface area (Å²) in [6.07, 6.45) is 4.13. The van der Waals surface area contributed by atoms with E-state index in [0.717, 1.165) is 16.9 Å². The van der Waals surface area contributed by atoms with Crippen molar-refractivity contribution in [2.24, 2.45) is 10.7 Å². The summed E-state index contributed by atoms with van der Waals surface area (Å²) in [5.74, 6) is 0.433. The second kappa shape index (κ2) is 8.03. The van der Waals surface area contributed by atoms with E-state index in [4.69, 9.17) is 5.73 Å². The molecule has 120 valence electrons. The normalized spacial score (nSPS) is 11.2. The molecule has 3 aromatic rings. The fraction of sp³-hybridized carbons (Fsp3) is 0.294. The summed E-state index contributed by atoms with van der Waals surface area (Å²) in [6, 6.07) is 10.1. The third-order valence-corrected chi connectivity index (χ3v) is 3.15. The van der Waals surface area contributed by atoms with Crippen molar-refractivity contribution in [1.29, 1.82) is 0 Å². The molecule has 23 heavy (non-hydrogen) atoms. The predicted molar refractivity (Wildman–Crippen MR) is 92.6 cm³/mol. The molecule has 0 saturated heterocycles. The van der Waals surface area contributed by atoms with E-state index in [1.807, 2.05) is 43.4 Å². The van der Waals surface area contributed by atoms with Crippen molar-refractivity contribution in [1.82, 2.24) is 19.6 Å². The van der Waals surface area contributed by atoms with Crippen LogP contribution in [0.2, 0.25) is 0 Å². The Bertz CT molecular complexity index is 776. The Labute approximate surface area is 136 Å². The van der Waals surface area contributed by atoms with Crippen LogP contribution in [-0.4, -0.2) is 32.0 Å². The molecule has 6 heteroatoms. The van der Waals surface area contributed by atoms with Gasteiger partial charge < -0.3 is 5.73 Å². The fourth-order valence-corrected chi connectivity index (χ4v) is 2.18. The predicted octanol–water partition coefficient (Wildman–Crippen LogP) is 2.47. The minimum atomic E-state index is 0.433. The number of hydrogen-bond donors (Lipinski definition) is 1. The lowest BCUT2D eigenvalue weighted by Gasteiger charge is -2.07. The van der Waals surface area contributed by atoms with Gasteiger partial charge >= 0.3 is 0 Å². The zero-order valence-corrected chi connectivity index (χ0v) is 13.8. The van der Waals surface area contributed by atoms with Gasteiger partial charge in [-0.2, -0.15) is 0 Å². The second-order valence-electron chi connectivity index (χ2n) is 4.66. The number of fused-ring (bicyclic) bond motifs is 1. The third kappa shape index (κ3) is 3.91. The molecule has 0 amide bonds. The molecule has 1 aromatic carbocycles. The maximum Gasteiger partial charge on any atom is 0.182 e. The fourth-order valence-electron chi connectivity index (χ4n) is 2.18. The summed E-state index contributed by atoms with van der Waals surface area (Å²) in [5, 5.41) is 8.07. The van der Waals surface area contributed by atoms with Gasteiger partial charge in [0.15, 0.2) is 5.65 Å². The number of nitrogens with two attached hydrogens (primary N) is 1. The van der Waals surface area contributed by atoms with Crippen LogP contribution in [0.15, 0.2) is 47.8 Å². The van der Waals surface area contributed by atoms with E-state index in [1.165, 1.54) is 0 Å². The third-order valence-electron chi connectivity index (χ3n) is 3.15. The maximum absolute atomic E-state index is 5.96. The van der Waals surface area contributed by atoms with E-state index in [-0.39, 0.29) is 0 Å². The van der Waals surface area contributed by atoms with E-state index in [2.05, 4.69) is 32.3 Å². The van der Waals surface area contributed by atoms with E-state index in [0.29, 0.717) is 24.5 Å². The summed E-state index contributed by atoms with van der Waals surface area (Å²) in [6.45, 7) is 6.57. The van der Waals surface area contributed by atoms with Crippen LogP contribution >= 0.6 is 0 Å². The monoisotopic (exact) mass is 310 g/mol. The van der Waals surface area contributed by atoms with Gasteiger partial charge in [0.1, 0.15) is 17.9 Å². The molecule has 0 aliphatic rings. The van der Waals surface area contributed by atoms with Gasteiger partial charge in [-0.25, -0.2) is 4.98 Å². The van der Waals surface area contributed by atoms with Gasteiger partial charge in [0.05, 0.1) is 5.69 Å². The highest BCUT2D eigenvalue weighted by atomic mass is 15.2. The Kier molecular flexibility index (Phi) is 5.80. The zero-order chi connectivity index (χ0) is 16.7. The number of aromatic nitrogens is 4. The zero-order valence-electron chi connectivity index (χ0n) is 13.8. The molecule has 0 aliphatic heterocycles. The van der Waals surface area contributed by atoms with Crippen LogP contribution in [0, 0.1) is 0 Å². The maximum atomic E-state index is 5.96. The number of amidine groups is 1. The van der Waals surface area contributed by atoms with Crippen LogP contribution in [0.3, 0.4) is 0 Å². The summed E-state index contributed by atoms with van der Waals surface area (Å²) in [7, 11) is 0. The lowest BCUT2D eigenvalue weighted by molar-refractivity contribution is 1.000. The van der Waals surface area contributed by atoms with Crippen LogP contribution in [0.25, 0.3) is 5.65 Å². The molecular formula is C17H22N6. The van der Waals surface area contributed by atoms with Gasteiger partial charge in [-0.3, -0.25) is 9.39 Å². The van der Waals surface area contributed by atoms with Crippen molar-refractivity contribution < 1.29 is 0 Å². The number of nitrogens with zero attached hydrogens (tertiary/aromatic N) is 5. The van der Waals surface area contributed by atoms with Crippen molar-refractivity contribution in [2.45, 2.75) is 27.2 Å². The van der Waals surface area contributed by atoms with Gasteiger partial charge in [-0.1, -0.05) is 44.2 Å². The minimum absolute atomic E-state index is 0.433. The minimum Gasteiger partial charge on any atom is -0.382 e. The molecule has 2 heterocycles. The summed E-state index contributed by atoms with van der Waals surface area (Å²) >= 11 is 0. The number of rotatable bonds is 4. The first-order valence-corrected chi connectivity index (χ1v) is 7.81. The quantitative estimate of drug-likeness (QED) is 0.593. The Morgan fingerprint density at radius 3 is 2.65 bits per heavy atom. The molecule has 6 nitrogen and oxygen atoms in total. The van der Waals surface area contributed by atoms with E-state index in [1.54, 1.807) is 12.5 Å². The Balaban J connectivity index is 0.000000924. The average molecular weight is 310 g/mol. The molecular weight excluding hydrogens is 288 g/mol. The first kappa shape index (κ1) is 16.6. The summed E-state index contributed by atoms with van der Waals surface area (Å²) < 4.78 is 1.83. The first-order valence-electron chi connectivity index (χ1n) is 7.81. The SMILES string of the molecule is CC.CCN=C(N)c1cn2cnnc2c(Cc2ccccc2)n1. The van der Waals surface area contributed by atoms with Gasteiger partial charge in [0.2, 0.25) is 0 Å². The summed E-state index contributed by atoms with van der Waals surface area (Å²) in [4.78, 5) is 8.82. The highest BCUT2D eigenvalue weighted by Crippen LogP contribution is 2.13. The molecule has 0 radical (unpaired) electrons. The molecule has 2 aromatic heterocycles. The standard InChI is InChI=1S/C15H16N6.C2H6/c1-2-17-14(16)13-9-21-10-18-20-15(21)12(19-13)8-11-6-4-3-5-7-11;1-2/h3-7,9-10H,2,8H2,1H3,(H2,16,17);1-2H3. The van der Waals surface area contributed by atoms with Crippen molar-refractivity contribution in [3.05, 3.63) is 59.8 Å². The van der Waals surface area contributed by atoms with Crippen LogP contribution in [-0.2, 0) is 6.42 Å². The average Bonchev–Trinajstić information content (AvgIpc) is 3.07. The van der Waals surface area contributed by atoms with Crippen molar-refractivity contribution >= 4 is 11.5 Å². The Morgan fingerprint density at radius 1 is 1.22 bits per heavy atom. The van der Waals surface area contributed by atoms with Gasteiger partial charge in [0.25, 0.3) is 0 Å². The van der Waals surface area contributed by atoms with Gasteiger partial charge in [-0.15, -0.1) is 10.2 Å². The molecule has 3 rings (SSSR count). The molecule has 0 atom stereocenters. The van der Waals surface area contributed by atoms with E-state index >= 15 is 0 Å².